The second kappa shape index (κ2) is 7.03. The number of rotatable bonds is 5. The summed E-state index contributed by atoms with van der Waals surface area (Å²) in [4.78, 5) is 37.1. The van der Waals surface area contributed by atoms with Crippen LogP contribution < -0.4 is 10.2 Å². The van der Waals surface area contributed by atoms with Gasteiger partial charge in [0.05, 0.1) is 12.9 Å². The number of nitrogens with one attached hydrogen (secondary N) is 1. The van der Waals surface area contributed by atoms with E-state index in [-0.39, 0.29) is 18.4 Å². The average molecular weight is 387 g/mol. The van der Waals surface area contributed by atoms with E-state index in [1.54, 1.807) is 11.6 Å². The number of aliphatic imine (C=N–C) groups is 1. The van der Waals surface area contributed by atoms with Crippen molar-refractivity contribution in [2.45, 2.75) is 13.0 Å². The zero-order chi connectivity index (χ0) is 19.0. The molecule has 0 aliphatic carbocycles. The second-order valence-electron chi connectivity index (χ2n) is 6.47. The quantitative estimate of drug-likeness (QED) is 0.835. The molecule has 0 saturated carbocycles. The highest BCUT2D eigenvalue weighted by Gasteiger charge is 2.38. The number of hydrogen-bond acceptors (Lipinski definition) is 5. The fourth-order valence-electron chi connectivity index (χ4n) is 3.29. The van der Waals surface area contributed by atoms with Crippen molar-refractivity contribution in [1.29, 1.82) is 0 Å². The van der Waals surface area contributed by atoms with Crippen molar-refractivity contribution in [3.8, 4) is 0 Å². The Kier molecular flexibility index (Phi) is 4.57. The Hall–Kier alpha value is -2.87. The van der Waals surface area contributed by atoms with Crippen molar-refractivity contribution in [1.82, 2.24) is 19.8 Å². The minimum absolute atomic E-state index is 0.0445. The van der Waals surface area contributed by atoms with Crippen LogP contribution in [0.4, 0.5) is 5.82 Å². The highest BCUT2D eigenvalue weighted by molar-refractivity contribution is 6.30. The molecule has 0 spiro atoms. The molecule has 0 fully saturated rings. The number of halogens is 1. The van der Waals surface area contributed by atoms with Gasteiger partial charge in [0.15, 0.2) is 11.5 Å². The van der Waals surface area contributed by atoms with Crippen LogP contribution in [0.1, 0.15) is 16.1 Å². The Balaban J connectivity index is 1.40. The van der Waals surface area contributed by atoms with E-state index in [9.17, 15) is 9.59 Å². The number of nitrogens with zero attached hydrogens (tertiary/aromatic N) is 5. The van der Waals surface area contributed by atoms with Crippen LogP contribution in [0.5, 0.6) is 0 Å². The van der Waals surface area contributed by atoms with Crippen molar-refractivity contribution in [2.24, 2.45) is 4.99 Å². The predicted octanol–water partition coefficient (Wildman–Crippen LogP) is 1.16. The first-order chi connectivity index (χ1) is 13.0. The van der Waals surface area contributed by atoms with Crippen LogP contribution in [0, 0.1) is 0 Å². The maximum absolute atomic E-state index is 12.7. The minimum Gasteiger partial charge on any atom is -0.354 e. The van der Waals surface area contributed by atoms with Crippen molar-refractivity contribution in [3.63, 3.8) is 0 Å². The van der Waals surface area contributed by atoms with Gasteiger partial charge in [-0.15, -0.1) is 0 Å². The molecule has 4 rings (SSSR count). The Morgan fingerprint density at radius 1 is 1.30 bits per heavy atom. The summed E-state index contributed by atoms with van der Waals surface area (Å²) < 4.78 is 1.60. The number of fused-ring (bicyclic) bond motifs is 3. The third kappa shape index (κ3) is 3.28. The summed E-state index contributed by atoms with van der Waals surface area (Å²) in [6, 6.07) is 7.53. The normalized spacial score (nSPS) is 15.5. The summed E-state index contributed by atoms with van der Waals surface area (Å²) in [7, 11) is 1.69. The number of amides is 2. The lowest BCUT2D eigenvalue weighted by Crippen LogP contribution is -2.48. The molecule has 1 aromatic carbocycles. The zero-order valence-electron chi connectivity index (χ0n) is 14.9. The smallest absolute Gasteiger partial charge is 0.280 e. The number of carbonyl (C=O) groups is 2. The molecule has 3 heterocycles. The molecule has 2 aliphatic heterocycles. The van der Waals surface area contributed by atoms with Crippen LogP contribution in [0.3, 0.4) is 0 Å². The molecule has 0 atom stereocenters. The number of guanidine groups is 1. The van der Waals surface area contributed by atoms with Gasteiger partial charge in [-0.2, -0.15) is 0 Å². The van der Waals surface area contributed by atoms with Crippen molar-refractivity contribution >= 4 is 35.2 Å². The van der Waals surface area contributed by atoms with E-state index < -0.39 is 0 Å². The van der Waals surface area contributed by atoms with Gasteiger partial charge in [0.2, 0.25) is 11.9 Å². The Labute approximate surface area is 161 Å². The fraction of sp³-hybridized carbons (Fsp3) is 0.333. The highest BCUT2D eigenvalue weighted by atomic mass is 35.5. The minimum atomic E-state index is -0.201. The molecule has 8 nitrogen and oxygen atoms in total. The van der Waals surface area contributed by atoms with Crippen LogP contribution >= 0.6 is 11.6 Å². The molecule has 140 valence electrons. The molecule has 27 heavy (non-hydrogen) atoms. The van der Waals surface area contributed by atoms with E-state index in [4.69, 9.17) is 11.6 Å². The summed E-state index contributed by atoms with van der Waals surface area (Å²) >= 11 is 5.87. The van der Waals surface area contributed by atoms with Crippen molar-refractivity contribution in [3.05, 3.63) is 46.9 Å². The first-order valence-corrected chi connectivity index (χ1v) is 9.08. The first-order valence-electron chi connectivity index (χ1n) is 8.71. The van der Waals surface area contributed by atoms with E-state index in [0.29, 0.717) is 48.5 Å². The summed E-state index contributed by atoms with van der Waals surface area (Å²) in [6.45, 7) is 1.87. The number of aromatic nitrogens is 2. The van der Waals surface area contributed by atoms with Gasteiger partial charge in [-0.25, -0.2) is 4.98 Å². The van der Waals surface area contributed by atoms with Gasteiger partial charge in [-0.1, -0.05) is 23.7 Å². The van der Waals surface area contributed by atoms with Crippen LogP contribution in [0.25, 0.3) is 0 Å². The highest BCUT2D eigenvalue weighted by Crippen LogP contribution is 2.28. The molecule has 2 amide bonds. The molecule has 2 aromatic rings. The molecule has 9 heteroatoms. The number of benzene rings is 1. The van der Waals surface area contributed by atoms with Gasteiger partial charge >= 0.3 is 0 Å². The van der Waals surface area contributed by atoms with E-state index in [0.717, 1.165) is 5.56 Å². The molecule has 0 radical (unpaired) electrons. The standard InChI is InChI=1S/C18H19ClN6O2/c1-23-17(27)15-16(25-9-8-21-18(23)25)22-11-24(15)10-14(26)20-7-6-12-2-4-13(19)5-3-12/h2-5,11H,6-10H2,1H3,(H,20,26). The summed E-state index contributed by atoms with van der Waals surface area (Å²) in [5, 5.41) is 3.57. The summed E-state index contributed by atoms with van der Waals surface area (Å²) in [6.07, 6.45) is 2.25. The van der Waals surface area contributed by atoms with Gasteiger partial charge in [-0.3, -0.25) is 24.4 Å². The zero-order valence-corrected chi connectivity index (χ0v) is 15.6. The van der Waals surface area contributed by atoms with Gasteiger partial charge in [0.25, 0.3) is 5.91 Å². The Morgan fingerprint density at radius 3 is 2.85 bits per heavy atom. The van der Waals surface area contributed by atoms with Crippen LogP contribution in [-0.4, -0.2) is 58.9 Å². The maximum atomic E-state index is 12.7. The third-order valence-corrected chi connectivity index (χ3v) is 4.91. The Bertz CT molecular complexity index is 920. The van der Waals surface area contributed by atoms with Crippen molar-refractivity contribution < 1.29 is 9.59 Å². The van der Waals surface area contributed by atoms with Crippen LogP contribution in [0.2, 0.25) is 5.02 Å². The topological polar surface area (TPSA) is 82.8 Å². The number of imidazole rings is 1. The number of carbonyl (C=O) groups excluding carboxylic acids is 2. The van der Waals surface area contributed by atoms with Crippen LogP contribution in [-0.2, 0) is 17.8 Å². The van der Waals surface area contributed by atoms with E-state index in [2.05, 4.69) is 15.3 Å². The summed E-state index contributed by atoms with van der Waals surface area (Å²) in [5.74, 6) is 0.822. The SMILES string of the molecule is CN1C(=O)c2c(ncn2CC(=O)NCCc2ccc(Cl)cc2)N2CCN=C12. The van der Waals surface area contributed by atoms with E-state index in [1.165, 1.54) is 11.2 Å². The first kappa shape index (κ1) is 17.5. The fourth-order valence-corrected chi connectivity index (χ4v) is 3.41. The molecule has 0 bridgehead atoms. The molecule has 0 unspecified atom stereocenters. The molecule has 2 aliphatic rings. The molecular weight excluding hydrogens is 368 g/mol. The molecule has 0 saturated heterocycles. The third-order valence-electron chi connectivity index (χ3n) is 4.66. The van der Waals surface area contributed by atoms with E-state index in [1.807, 2.05) is 29.2 Å². The number of hydrogen-bond donors (Lipinski definition) is 1. The van der Waals surface area contributed by atoms with Gasteiger partial charge in [0, 0.05) is 25.2 Å². The van der Waals surface area contributed by atoms with Crippen LogP contribution in [0.15, 0.2) is 35.6 Å². The van der Waals surface area contributed by atoms with Gasteiger partial charge < -0.3 is 9.88 Å². The molecule has 1 N–H and O–H groups in total. The van der Waals surface area contributed by atoms with Gasteiger partial charge in [0.1, 0.15) is 6.54 Å². The lowest BCUT2D eigenvalue weighted by molar-refractivity contribution is -0.121. The Morgan fingerprint density at radius 2 is 2.07 bits per heavy atom. The average Bonchev–Trinajstić information content (AvgIpc) is 3.28. The van der Waals surface area contributed by atoms with Gasteiger partial charge in [-0.05, 0) is 24.1 Å². The summed E-state index contributed by atoms with van der Waals surface area (Å²) in [5.41, 5.74) is 1.52. The largest absolute Gasteiger partial charge is 0.354 e. The molecule has 1 aromatic heterocycles. The van der Waals surface area contributed by atoms with E-state index >= 15 is 0 Å². The van der Waals surface area contributed by atoms with Crippen molar-refractivity contribution in [2.75, 3.05) is 31.6 Å². The number of anilines is 1. The lowest BCUT2D eigenvalue weighted by atomic mass is 10.1. The monoisotopic (exact) mass is 386 g/mol. The molecular formula is C18H19ClN6O2. The maximum Gasteiger partial charge on any atom is 0.280 e. The lowest BCUT2D eigenvalue weighted by Gasteiger charge is -2.31. The second-order valence-corrected chi connectivity index (χ2v) is 6.91. The predicted molar refractivity (Wildman–Crippen MR) is 102 cm³/mol.